The Kier molecular flexibility index (Phi) is 2.06. The molecule has 0 unspecified atom stereocenters. The highest BCUT2D eigenvalue weighted by molar-refractivity contribution is 8.03. The summed E-state index contributed by atoms with van der Waals surface area (Å²) >= 11 is 1.74. The molecule has 0 bridgehead atoms. The van der Waals surface area contributed by atoms with Crippen LogP contribution < -0.4 is 5.32 Å². The highest BCUT2D eigenvalue weighted by Gasteiger charge is 2.25. The van der Waals surface area contributed by atoms with Crippen LogP contribution in [0.4, 0.5) is 5.69 Å². The lowest BCUT2D eigenvalue weighted by Gasteiger charge is -2.26. The summed E-state index contributed by atoms with van der Waals surface area (Å²) in [5, 5.41) is 3.26. The topological polar surface area (TPSA) is 29.1 Å². The van der Waals surface area contributed by atoms with Crippen molar-refractivity contribution in [3.63, 3.8) is 0 Å². The van der Waals surface area contributed by atoms with E-state index in [1.807, 2.05) is 18.2 Å². The molecular weight excluding hydrogens is 206 g/mol. The Labute approximate surface area is 92.8 Å². The smallest absolute Gasteiger partial charge is 0.179 e. The van der Waals surface area contributed by atoms with Crippen molar-refractivity contribution >= 4 is 23.2 Å². The third-order valence-corrected chi connectivity index (χ3v) is 3.98. The van der Waals surface area contributed by atoms with Crippen molar-refractivity contribution in [2.24, 2.45) is 0 Å². The molecule has 0 saturated carbocycles. The van der Waals surface area contributed by atoms with Crippen molar-refractivity contribution in [1.82, 2.24) is 0 Å². The van der Waals surface area contributed by atoms with Gasteiger partial charge in [-0.3, -0.25) is 4.79 Å². The van der Waals surface area contributed by atoms with Gasteiger partial charge < -0.3 is 5.32 Å². The summed E-state index contributed by atoms with van der Waals surface area (Å²) in [6.45, 7) is 0. The quantitative estimate of drug-likeness (QED) is 0.723. The molecule has 1 heterocycles. The molecule has 1 aromatic carbocycles. The highest BCUT2D eigenvalue weighted by Crippen LogP contribution is 2.43. The van der Waals surface area contributed by atoms with Gasteiger partial charge in [-0.05, 0) is 25.0 Å². The van der Waals surface area contributed by atoms with Gasteiger partial charge in [0.1, 0.15) is 0 Å². The number of carbonyl (C=O) groups is 1. The Morgan fingerprint density at radius 2 is 2.07 bits per heavy atom. The number of allylic oxidation sites excluding steroid dienone is 2. The molecule has 0 fully saturated rings. The van der Waals surface area contributed by atoms with Gasteiger partial charge in [0.05, 0.1) is 11.4 Å². The largest absolute Gasteiger partial charge is 0.351 e. The molecule has 1 aromatic rings. The van der Waals surface area contributed by atoms with Crippen LogP contribution in [0.15, 0.2) is 39.8 Å². The van der Waals surface area contributed by atoms with Gasteiger partial charge in [0.25, 0.3) is 0 Å². The van der Waals surface area contributed by atoms with E-state index < -0.39 is 0 Å². The normalized spacial score (nSPS) is 19.3. The zero-order valence-electron chi connectivity index (χ0n) is 8.25. The fourth-order valence-corrected chi connectivity index (χ4v) is 3.14. The zero-order valence-corrected chi connectivity index (χ0v) is 9.06. The van der Waals surface area contributed by atoms with Crippen molar-refractivity contribution in [2.75, 3.05) is 5.32 Å². The SMILES string of the molecule is O=C1CCCC2=C1Nc1ccccc1S2. The average Bonchev–Trinajstić information content (AvgIpc) is 2.27. The van der Waals surface area contributed by atoms with Crippen LogP contribution in [0.25, 0.3) is 0 Å². The van der Waals surface area contributed by atoms with Gasteiger partial charge in [0.2, 0.25) is 0 Å². The minimum atomic E-state index is 0.262. The highest BCUT2D eigenvalue weighted by atomic mass is 32.2. The number of hydrogen-bond acceptors (Lipinski definition) is 3. The number of carbonyl (C=O) groups excluding carboxylic acids is 1. The monoisotopic (exact) mass is 217 g/mol. The first-order valence-corrected chi connectivity index (χ1v) is 5.96. The van der Waals surface area contributed by atoms with Gasteiger partial charge in [-0.2, -0.15) is 0 Å². The molecule has 0 radical (unpaired) electrons. The summed E-state index contributed by atoms with van der Waals surface area (Å²) in [5.41, 5.74) is 1.90. The van der Waals surface area contributed by atoms with E-state index in [4.69, 9.17) is 0 Å². The maximum atomic E-state index is 11.7. The number of anilines is 1. The minimum Gasteiger partial charge on any atom is -0.351 e. The Morgan fingerprint density at radius 1 is 1.20 bits per heavy atom. The molecule has 3 rings (SSSR count). The maximum absolute atomic E-state index is 11.7. The second-order valence-electron chi connectivity index (χ2n) is 3.80. The van der Waals surface area contributed by atoms with E-state index >= 15 is 0 Å². The maximum Gasteiger partial charge on any atom is 0.179 e. The van der Waals surface area contributed by atoms with Gasteiger partial charge in [0, 0.05) is 16.2 Å². The van der Waals surface area contributed by atoms with E-state index in [0.29, 0.717) is 6.42 Å². The fourth-order valence-electron chi connectivity index (χ4n) is 1.98. The lowest BCUT2D eigenvalue weighted by Crippen LogP contribution is -2.19. The van der Waals surface area contributed by atoms with Gasteiger partial charge in [-0.15, -0.1) is 0 Å². The summed E-state index contributed by atoms with van der Waals surface area (Å²) in [4.78, 5) is 14.1. The third-order valence-electron chi connectivity index (χ3n) is 2.75. The standard InChI is InChI=1S/C12H11NOS/c14-9-5-3-7-11-12(9)13-8-4-1-2-6-10(8)15-11/h1-2,4,6,13H,3,5,7H2. The van der Waals surface area contributed by atoms with Crippen LogP contribution in [0.1, 0.15) is 19.3 Å². The summed E-state index contributed by atoms with van der Waals surface area (Å²) in [7, 11) is 0. The van der Waals surface area contributed by atoms with Crippen molar-refractivity contribution < 1.29 is 4.79 Å². The van der Waals surface area contributed by atoms with Gasteiger partial charge >= 0.3 is 0 Å². The van der Waals surface area contributed by atoms with E-state index in [1.54, 1.807) is 11.8 Å². The minimum absolute atomic E-state index is 0.262. The molecule has 1 aliphatic heterocycles. The van der Waals surface area contributed by atoms with E-state index in [0.717, 1.165) is 24.2 Å². The Balaban J connectivity index is 2.04. The molecular formula is C12H11NOS. The van der Waals surface area contributed by atoms with Crippen molar-refractivity contribution in [2.45, 2.75) is 24.2 Å². The second kappa shape index (κ2) is 3.42. The van der Waals surface area contributed by atoms with Crippen LogP contribution in [-0.2, 0) is 4.79 Å². The predicted molar refractivity (Wildman–Crippen MR) is 61.8 cm³/mol. The number of benzene rings is 1. The number of para-hydroxylation sites is 1. The molecule has 76 valence electrons. The molecule has 0 spiro atoms. The zero-order chi connectivity index (χ0) is 10.3. The van der Waals surface area contributed by atoms with Crippen LogP contribution in [0.2, 0.25) is 0 Å². The first kappa shape index (κ1) is 9.04. The van der Waals surface area contributed by atoms with Gasteiger partial charge in [0.15, 0.2) is 5.78 Å². The van der Waals surface area contributed by atoms with Crippen LogP contribution >= 0.6 is 11.8 Å². The van der Waals surface area contributed by atoms with Crippen molar-refractivity contribution in [3.8, 4) is 0 Å². The van der Waals surface area contributed by atoms with E-state index in [2.05, 4.69) is 11.4 Å². The average molecular weight is 217 g/mol. The lowest BCUT2D eigenvalue weighted by atomic mass is 10.0. The van der Waals surface area contributed by atoms with Gasteiger partial charge in [-0.25, -0.2) is 0 Å². The van der Waals surface area contributed by atoms with Crippen LogP contribution in [-0.4, -0.2) is 5.78 Å². The molecule has 0 amide bonds. The molecule has 1 aliphatic carbocycles. The Bertz CT molecular complexity index is 464. The van der Waals surface area contributed by atoms with Gasteiger partial charge in [-0.1, -0.05) is 23.9 Å². The molecule has 2 nitrogen and oxygen atoms in total. The van der Waals surface area contributed by atoms with Crippen molar-refractivity contribution in [1.29, 1.82) is 0 Å². The van der Waals surface area contributed by atoms with Crippen molar-refractivity contribution in [3.05, 3.63) is 34.9 Å². The van der Waals surface area contributed by atoms with E-state index in [9.17, 15) is 4.79 Å². The number of hydrogen-bond donors (Lipinski definition) is 1. The summed E-state index contributed by atoms with van der Waals surface area (Å²) in [6, 6.07) is 8.14. The number of fused-ring (bicyclic) bond motifs is 1. The summed E-state index contributed by atoms with van der Waals surface area (Å²) < 4.78 is 0. The molecule has 1 N–H and O–H groups in total. The molecule has 0 atom stereocenters. The third kappa shape index (κ3) is 1.47. The van der Waals surface area contributed by atoms with Crippen LogP contribution in [0.5, 0.6) is 0 Å². The lowest BCUT2D eigenvalue weighted by molar-refractivity contribution is -0.115. The van der Waals surface area contributed by atoms with E-state index in [1.165, 1.54) is 9.80 Å². The first-order chi connectivity index (χ1) is 7.34. The van der Waals surface area contributed by atoms with Crippen LogP contribution in [0, 0.1) is 0 Å². The first-order valence-electron chi connectivity index (χ1n) is 5.15. The molecule has 0 aromatic heterocycles. The summed E-state index contributed by atoms with van der Waals surface area (Å²) in [6.07, 6.45) is 2.72. The number of Topliss-reactive ketones (excluding diaryl/α,β-unsaturated/α-hetero) is 1. The number of rotatable bonds is 0. The molecule has 0 saturated heterocycles. The number of nitrogens with one attached hydrogen (secondary N) is 1. The molecule has 15 heavy (non-hydrogen) atoms. The Morgan fingerprint density at radius 3 is 3.00 bits per heavy atom. The molecule has 3 heteroatoms. The number of ketones is 1. The second-order valence-corrected chi connectivity index (χ2v) is 4.93. The number of thioether (sulfide) groups is 1. The predicted octanol–water partition coefficient (Wildman–Crippen LogP) is 3.17. The fraction of sp³-hybridized carbons (Fsp3) is 0.250. The Hall–Kier alpha value is -1.22. The summed E-state index contributed by atoms with van der Waals surface area (Å²) in [5.74, 6) is 0.262. The molecule has 2 aliphatic rings. The van der Waals surface area contributed by atoms with Crippen LogP contribution in [0.3, 0.4) is 0 Å². The van der Waals surface area contributed by atoms with E-state index in [-0.39, 0.29) is 5.78 Å².